The molecule has 1 fully saturated rings. The van der Waals surface area contributed by atoms with Crippen molar-refractivity contribution >= 4 is 51.8 Å². The van der Waals surface area contributed by atoms with Gasteiger partial charge in [0.05, 0.1) is 5.71 Å². The van der Waals surface area contributed by atoms with Crippen molar-refractivity contribution in [1.82, 2.24) is 15.0 Å². The van der Waals surface area contributed by atoms with E-state index in [1.165, 1.54) is 6.21 Å². The van der Waals surface area contributed by atoms with Crippen LogP contribution in [0.4, 0.5) is 11.5 Å². The summed E-state index contributed by atoms with van der Waals surface area (Å²) in [5.41, 5.74) is 8.81. The van der Waals surface area contributed by atoms with Gasteiger partial charge in [0, 0.05) is 60.8 Å². The number of aromatic nitrogens is 1. The molecule has 2 aliphatic heterocycles. The van der Waals surface area contributed by atoms with Crippen molar-refractivity contribution in [3.63, 3.8) is 0 Å². The van der Waals surface area contributed by atoms with E-state index in [0.717, 1.165) is 32.0 Å². The molecule has 0 saturated carbocycles. The van der Waals surface area contributed by atoms with Crippen molar-refractivity contribution in [3.05, 3.63) is 58.3 Å². The first kappa shape index (κ1) is 21.4. The van der Waals surface area contributed by atoms with E-state index in [2.05, 4.69) is 19.9 Å². The van der Waals surface area contributed by atoms with Crippen LogP contribution in [0.5, 0.6) is 5.75 Å². The highest BCUT2D eigenvalue weighted by molar-refractivity contribution is 6.71. The third-order valence-corrected chi connectivity index (χ3v) is 5.86. The highest BCUT2D eigenvalue weighted by Gasteiger charge is 2.31. The third-order valence-electron chi connectivity index (χ3n) is 5.26. The van der Waals surface area contributed by atoms with Gasteiger partial charge in [0.15, 0.2) is 0 Å². The van der Waals surface area contributed by atoms with Crippen molar-refractivity contribution in [1.29, 1.82) is 5.41 Å². The highest BCUT2D eigenvalue weighted by atomic mass is 35.5. The smallest absolute Gasteiger partial charge is 0.404 e. The number of pyridine rings is 1. The van der Waals surface area contributed by atoms with Gasteiger partial charge in [0.2, 0.25) is 0 Å². The van der Waals surface area contributed by atoms with E-state index in [1.807, 2.05) is 19.1 Å². The van der Waals surface area contributed by atoms with E-state index >= 15 is 0 Å². The van der Waals surface area contributed by atoms with Crippen LogP contribution in [0.2, 0.25) is 0 Å². The fourth-order valence-electron chi connectivity index (χ4n) is 3.57. The molecule has 160 valence electrons. The lowest BCUT2D eigenvalue weighted by Crippen LogP contribution is -2.43. The van der Waals surface area contributed by atoms with E-state index < -0.39 is 6.10 Å². The quantitative estimate of drug-likeness (QED) is 0.351. The summed E-state index contributed by atoms with van der Waals surface area (Å²) in [4.78, 5) is 6.78. The topological polar surface area (TPSA) is 101 Å². The molecule has 0 aliphatic carbocycles. The lowest BCUT2D eigenvalue weighted by Gasteiger charge is -2.28. The minimum Gasteiger partial charge on any atom is -0.486 e. The summed E-state index contributed by atoms with van der Waals surface area (Å²) in [6, 6.07) is 9.07. The molecule has 4 rings (SSSR count). The molecule has 1 aromatic heterocycles. The fraction of sp³-hybridized carbons (Fsp3) is 0.273. The largest absolute Gasteiger partial charge is 0.486 e. The zero-order valence-corrected chi connectivity index (χ0v) is 18.5. The second kappa shape index (κ2) is 9.12. The van der Waals surface area contributed by atoms with Crippen LogP contribution in [0.15, 0.2) is 47.1 Å². The van der Waals surface area contributed by atoms with Crippen molar-refractivity contribution in [2.24, 2.45) is 0 Å². The van der Waals surface area contributed by atoms with E-state index in [0.29, 0.717) is 38.3 Å². The molecule has 0 bridgehead atoms. The van der Waals surface area contributed by atoms with Crippen LogP contribution in [0.3, 0.4) is 0 Å². The molecule has 9 heteroatoms. The van der Waals surface area contributed by atoms with Crippen LogP contribution in [-0.4, -0.2) is 54.4 Å². The van der Waals surface area contributed by atoms with Crippen molar-refractivity contribution in [2.45, 2.75) is 13.0 Å². The summed E-state index contributed by atoms with van der Waals surface area (Å²) in [7, 11) is 0. The molecular formula is C22H23Cl2N6O+. The molecule has 7 nitrogen and oxygen atoms in total. The lowest BCUT2D eigenvalue weighted by molar-refractivity contribution is 0.264. The number of benzene rings is 1. The number of hydrogen-bond acceptors (Lipinski definition) is 6. The summed E-state index contributed by atoms with van der Waals surface area (Å²) in [6.07, 6.45) is 2.80. The SMILES string of the molecule is C[C@@H](Oc1ccc(N)c(C(=N)c2ccc(N3CCNCC3)nc2)c1)C1=C(Cl)C=[N+]=C1Cl. The number of nitrogens with two attached hydrogens (primary N) is 1. The molecule has 1 saturated heterocycles. The monoisotopic (exact) mass is 457 g/mol. The Morgan fingerprint density at radius 1 is 1.26 bits per heavy atom. The molecule has 3 heterocycles. The number of nitrogens with zero attached hydrogens (tertiary/aromatic N) is 3. The van der Waals surface area contributed by atoms with Gasteiger partial charge in [-0.15, -0.1) is 0 Å². The minimum atomic E-state index is -0.409. The number of piperazine rings is 1. The van der Waals surface area contributed by atoms with Crippen LogP contribution in [-0.2, 0) is 0 Å². The summed E-state index contributed by atoms with van der Waals surface area (Å²) >= 11 is 12.3. The maximum atomic E-state index is 8.66. The molecular weight excluding hydrogens is 435 g/mol. The average molecular weight is 458 g/mol. The van der Waals surface area contributed by atoms with Gasteiger partial charge in [-0.25, -0.2) is 4.98 Å². The number of halogens is 2. The Hall–Kier alpha value is -2.83. The first-order valence-corrected chi connectivity index (χ1v) is 10.7. The van der Waals surface area contributed by atoms with Crippen LogP contribution in [0.25, 0.3) is 0 Å². The summed E-state index contributed by atoms with van der Waals surface area (Å²) in [5.74, 6) is 1.47. The first-order valence-electron chi connectivity index (χ1n) is 9.98. The number of nitrogen functional groups attached to an aromatic ring is 1. The molecule has 4 N–H and O–H groups in total. The number of allylic oxidation sites excluding steroid dienone is 1. The summed E-state index contributed by atoms with van der Waals surface area (Å²) in [6.45, 7) is 5.56. The molecule has 0 spiro atoms. The zero-order valence-electron chi connectivity index (χ0n) is 17.0. The molecule has 2 aliphatic rings. The van der Waals surface area contributed by atoms with Gasteiger partial charge in [-0.1, -0.05) is 16.3 Å². The van der Waals surface area contributed by atoms with E-state index in [9.17, 15) is 0 Å². The standard InChI is InChI=1S/C22H23Cl2N6O/c1-13(20-17(23)12-29-22(20)24)31-15-3-4-18(25)16(10-15)21(26)14-2-5-19(28-11-14)30-8-6-27-7-9-30/h2-5,10-13,26-27H,6-9,25H2,1H3/q+1/t13-/m1/s1. The molecule has 1 atom stereocenters. The number of rotatable bonds is 6. The van der Waals surface area contributed by atoms with Crippen LogP contribution >= 0.6 is 23.2 Å². The Labute approximate surface area is 190 Å². The zero-order chi connectivity index (χ0) is 22.0. The highest BCUT2D eigenvalue weighted by Crippen LogP contribution is 2.27. The van der Waals surface area contributed by atoms with Crippen molar-refractivity contribution < 1.29 is 4.74 Å². The molecule has 0 amide bonds. The van der Waals surface area contributed by atoms with E-state index in [4.69, 9.17) is 39.1 Å². The molecule has 0 radical (unpaired) electrons. The second-order valence-corrected chi connectivity index (χ2v) is 8.10. The Morgan fingerprint density at radius 3 is 2.68 bits per heavy atom. The number of anilines is 2. The summed E-state index contributed by atoms with van der Waals surface area (Å²) < 4.78 is 10.0. The van der Waals surface area contributed by atoms with Gasteiger partial charge >= 0.3 is 11.4 Å². The van der Waals surface area contributed by atoms with Crippen molar-refractivity contribution in [3.8, 4) is 5.75 Å². The third kappa shape index (κ3) is 4.60. The van der Waals surface area contributed by atoms with Gasteiger partial charge in [-0.2, -0.15) is 0 Å². The van der Waals surface area contributed by atoms with Gasteiger partial charge in [0.1, 0.15) is 28.3 Å². The second-order valence-electron chi connectivity index (χ2n) is 7.34. The Balaban J connectivity index is 1.52. The normalized spacial score (nSPS) is 17.0. The molecule has 1 aromatic carbocycles. The summed E-state index contributed by atoms with van der Waals surface area (Å²) in [5, 5.41) is 12.8. The van der Waals surface area contributed by atoms with Crippen LogP contribution in [0.1, 0.15) is 18.1 Å². The van der Waals surface area contributed by atoms with Gasteiger partial charge in [-0.3, -0.25) is 5.41 Å². The predicted octanol–water partition coefficient (Wildman–Crippen LogP) is 2.54. The number of hydrogen-bond donors (Lipinski definition) is 3. The van der Waals surface area contributed by atoms with E-state index in [1.54, 1.807) is 24.4 Å². The average Bonchev–Trinajstić information content (AvgIpc) is 3.13. The Morgan fingerprint density at radius 2 is 2.03 bits per heavy atom. The van der Waals surface area contributed by atoms with Gasteiger partial charge in [-0.05, 0) is 37.3 Å². The first-order chi connectivity index (χ1) is 14.9. The molecule has 0 unspecified atom stereocenters. The van der Waals surface area contributed by atoms with Crippen LogP contribution in [0, 0.1) is 5.41 Å². The molecule has 2 aromatic rings. The predicted molar refractivity (Wildman–Crippen MR) is 128 cm³/mol. The number of ether oxygens (including phenoxy) is 1. The fourth-order valence-corrected chi connectivity index (χ4v) is 4.22. The van der Waals surface area contributed by atoms with Gasteiger partial charge < -0.3 is 20.7 Å². The molecule has 31 heavy (non-hydrogen) atoms. The van der Waals surface area contributed by atoms with Gasteiger partial charge in [0.25, 0.3) is 0 Å². The lowest BCUT2D eigenvalue weighted by atomic mass is 10.0. The Kier molecular flexibility index (Phi) is 6.30. The maximum absolute atomic E-state index is 8.66. The number of nitrogens with one attached hydrogen (secondary N) is 2. The van der Waals surface area contributed by atoms with E-state index in [-0.39, 0.29) is 5.71 Å². The maximum Gasteiger partial charge on any atom is 0.404 e. The minimum absolute atomic E-state index is 0.279. The van der Waals surface area contributed by atoms with Crippen molar-refractivity contribution in [2.75, 3.05) is 36.8 Å². The Bertz CT molecular complexity index is 1100. The van der Waals surface area contributed by atoms with Crippen LogP contribution < -0.4 is 25.4 Å².